The zero-order chi connectivity index (χ0) is 15.5. The maximum absolute atomic E-state index is 13.0. The highest BCUT2D eigenvalue weighted by Crippen LogP contribution is 2.31. The minimum Gasteiger partial charge on any atom is -0.497 e. The average Bonchev–Trinajstić information content (AvgIpc) is 2.56. The van der Waals surface area contributed by atoms with Crippen molar-refractivity contribution in [2.75, 3.05) is 12.4 Å². The zero-order valence-electron chi connectivity index (χ0n) is 11.8. The average molecular weight is 293 g/mol. The van der Waals surface area contributed by atoms with Gasteiger partial charge in [-0.1, -0.05) is 0 Å². The molecule has 2 aromatic carbocycles. The van der Waals surface area contributed by atoms with E-state index in [2.05, 4.69) is 16.4 Å². The molecule has 1 aromatic heterocycles. The third-order valence-electron chi connectivity index (χ3n) is 3.31. The fourth-order valence-corrected chi connectivity index (χ4v) is 2.20. The van der Waals surface area contributed by atoms with Gasteiger partial charge in [0, 0.05) is 17.3 Å². The molecule has 3 aromatic rings. The number of nitriles is 1. The summed E-state index contributed by atoms with van der Waals surface area (Å²) in [7, 11) is 1.58. The first kappa shape index (κ1) is 13.8. The summed E-state index contributed by atoms with van der Waals surface area (Å²) in [6.45, 7) is 0. The maximum atomic E-state index is 13.0. The molecule has 0 bridgehead atoms. The minimum absolute atomic E-state index is 0.313. The number of hydrogen-bond donors (Lipinski definition) is 1. The van der Waals surface area contributed by atoms with Crippen LogP contribution in [0.4, 0.5) is 15.8 Å². The highest BCUT2D eigenvalue weighted by molar-refractivity contribution is 5.96. The van der Waals surface area contributed by atoms with Crippen LogP contribution in [0.25, 0.3) is 10.9 Å². The Morgan fingerprint density at radius 1 is 1.18 bits per heavy atom. The third kappa shape index (κ3) is 2.54. The molecule has 1 N–H and O–H groups in total. The second-order valence-corrected chi connectivity index (χ2v) is 4.67. The number of anilines is 2. The van der Waals surface area contributed by atoms with Crippen LogP contribution in [0.1, 0.15) is 5.56 Å². The van der Waals surface area contributed by atoms with E-state index in [-0.39, 0.29) is 5.82 Å². The quantitative estimate of drug-likeness (QED) is 0.793. The van der Waals surface area contributed by atoms with Gasteiger partial charge in [-0.3, -0.25) is 4.98 Å². The lowest BCUT2D eigenvalue weighted by Crippen LogP contribution is -1.97. The van der Waals surface area contributed by atoms with Gasteiger partial charge in [-0.2, -0.15) is 5.26 Å². The zero-order valence-corrected chi connectivity index (χ0v) is 11.8. The van der Waals surface area contributed by atoms with E-state index in [4.69, 9.17) is 4.74 Å². The number of nitrogens with one attached hydrogen (secondary N) is 1. The Morgan fingerprint density at radius 3 is 2.64 bits per heavy atom. The summed E-state index contributed by atoms with van der Waals surface area (Å²) in [5, 5.41) is 13.2. The molecule has 1 heterocycles. The molecule has 5 heteroatoms. The first-order valence-electron chi connectivity index (χ1n) is 6.60. The maximum Gasteiger partial charge on any atom is 0.123 e. The highest BCUT2D eigenvalue weighted by Gasteiger charge is 2.10. The largest absolute Gasteiger partial charge is 0.497 e. The van der Waals surface area contributed by atoms with Gasteiger partial charge in [0.05, 0.1) is 23.9 Å². The summed E-state index contributed by atoms with van der Waals surface area (Å²) in [5.74, 6) is 0.360. The van der Waals surface area contributed by atoms with Crippen LogP contribution < -0.4 is 10.1 Å². The number of aromatic nitrogens is 1. The smallest absolute Gasteiger partial charge is 0.123 e. The Morgan fingerprint density at radius 2 is 1.95 bits per heavy atom. The van der Waals surface area contributed by atoms with Crippen LogP contribution in [0.15, 0.2) is 48.7 Å². The molecule has 0 atom stereocenters. The van der Waals surface area contributed by atoms with Crippen LogP contribution >= 0.6 is 0 Å². The van der Waals surface area contributed by atoms with Crippen molar-refractivity contribution >= 4 is 22.3 Å². The topological polar surface area (TPSA) is 57.9 Å². The summed E-state index contributed by atoms with van der Waals surface area (Å²) < 4.78 is 18.2. The van der Waals surface area contributed by atoms with E-state index >= 15 is 0 Å². The molecular formula is C17H12FN3O. The second-order valence-electron chi connectivity index (χ2n) is 4.67. The number of rotatable bonds is 3. The molecule has 0 saturated heterocycles. The SMILES string of the molecule is COc1ccc2ncc(C#N)c(Nc3ccc(F)cc3)c2c1. The van der Waals surface area contributed by atoms with Gasteiger partial charge in [0.2, 0.25) is 0 Å². The molecule has 0 aliphatic carbocycles. The molecule has 0 unspecified atom stereocenters. The van der Waals surface area contributed by atoms with Crippen molar-refractivity contribution in [2.45, 2.75) is 0 Å². The second kappa shape index (κ2) is 5.70. The molecule has 0 aliphatic heterocycles. The number of pyridine rings is 1. The lowest BCUT2D eigenvalue weighted by Gasteiger charge is -2.12. The molecule has 0 radical (unpaired) electrons. The van der Waals surface area contributed by atoms with Crippen LogP contribution in [0.5, 0.6) is 5.75 Å². The first-order valence-corrected chi connectivity index (χ1v) is 6.60. The number of methoxy groups -OCH3 is 1. The molecule has 0 saturated carbocycles. The van der Waals surface area contributed by atoms with Gasteiger partial charge in [0.1, 0.15) is 17.6 Å². The molecule has 108 valence electrons. The van der Waals surface area contributed by atoms with Crippen molar-refractivity contribution in [3.05, 3.63) is 60.0 Å². The normalized spacial score (nSPS) is 10.2. The first-order chi connectivity index (χ1) is 10.7. The molecule has 0 spiro atoms. The molecule has 0 aliphatic rings. The minimum atomic E-state index is -0.313. The number of halogens is 1. The molecule has 4 nitrogen and oxygen atoms in total. The number of fused-ring (bicyclic) bond motifs is 1. The van der Waals surface area contributed by atoms with Crippen molar-refractivity contribution in [1.29, 1.82) is 5.26 Å². The fraction of sp³-hybridized carbons (Fsp3) is 0.0588. The predicted molar refractivity (Wildman–Crippen MR) is 82.7 cm³/mol. The van der Waals surface area contributed by atoms with Crippen molar-refractivity contribution in [3.8, 4) is 11.8 Å². The molecule has 3 rings (SSSR count). The lowest BCUT2D eigenvalue weighted by atomic mass is 10.1. The van der Waals surface area contributed by atoms with E-state index in [0.29, 0.717) is 22.7 Å². The Balaban J connectivity index is 2.16. The summed E-state index contributed by atoms with van der Waals surface area (Å²) in [4.78, 5) is 4.27. The van der Waals surface area contributed by atoms with Gasteiger partial charge < -0.3 is 10.1 Å². The lowest BCUT2D eigenvalue weighted by molar-refractivity contribution is 0.415. The van der Waals surface area contributed by atoms with Crippen molar-refractivity contribution in [1.82, 2.24) is 4.98 Å². The van der Waals surface area contributed by atoms with Crippen LogP contribution in [0, 0.1) is 17.1 Å². The van der Waals surface area contributed by atoms with E-state index < -0.39 is 0 Å². The summed E-state index contributed by atoms with van der Waals surface area (Å²) in [5.41, 5.74) is 2.46. The van der Waals surface area contributed by atoms with E-state index in [0.717, 1.165) is 10.9 Å². The van der Waals surface area contributed by atoms with Gasteiger partial charge >= 0.3 is 0 Å². The van der Waals surface area contributed by atoms with E-state index in [1.54, 1.807) is 19.2 Å². The molecule has 0 fully saturated rings. The third-order valence-corrected chi connectivity index (χ3v) is 3.31. The van der Waals surface area contributed by atoms with E-state index in [1.165, 1.54) is 18.3 Å². The van der Waals surface area contributed by atoms with Gasteiger partial charge in [0.25, 0.3) is 0 Å². The molecular weight excluding hydrogens is 281 g/mol. The fourth-order valence-electron chi connectivity index (χ4n) is 2.20. The monoisotopic (exact) mass is 293 g/mol. The number of ether oxygens (including phenoxy) is 1. The van der Waals surface area contributed by atoms with Crippen LogP contribution in [-0.2, 0) is 0 Å². The highest BCUT2D eigenvalue weighted by atomic mass is 19.1. The van der Waals surface area contributed by atoms with E-state index in [9.17, 15) is 9.65 Å². The van der Waals surface area contributed by atoms with E-state index in [1.807, 2.05) is 18.2 Å². The summed E-state index contributed by atoms with van der Waals surface area (Å²) in [6.07, 6.45) is 1.51. The Hall–Kier alpha value is -3.13. The standard InChI is InChI=1S/C17H12FN3O/c1-22-14-6-7-16-15(8-14)17(11(9-19)10-20-16)21-13-4-2-12(18)3-5-13/h2-8,10H,1H3,(H,20,21). The number of hydrogen-bond acceptors (Lipinski definition) is 4. The van der Waals surface area contributed by atoms with Gasteiger partial charge in [0.15, 0.2) is 0 Å². The number of benzene rings is 2. The van der Waals surface area contributed by atoms with Gasteiger partial charge in [-0.25, -0.2) is 4.39 Å². The predicted octanol–water partition coefficient (Wildman–Crippen LogP) is 4.00. The number of nitrogens with zero attached hydrogens (tertiary/aromatic N) is 2. The Labute approximate surface area is 126 Å². The van der Waals surface area contributed by atoms with Crippen LogP contribution in [0.2, 0.25) is 0 Å². The summed E-state index contributed by atoms with van der Waals surface area (Å²) in [6, 6.07) is 13.5. The van der Waals surface area contributed by atoms with Crippen molar-refractivity contribution in [3.63, 3.8) is 0 Å². The summed E-state index contributed by atoms with van der Waals surface area (Å²) >= 11 is 0. The van der Waals surface area contributed by atoms with Crippen molar-refractivity contribution in [2.24, 2.45) is 0 Å². The van der Waals surface area contributed by atoms with Crippen molar-refractivity contribution < 1.29 is 9.13 Å². The van der Waals surface area contributed by atoms with Gasteiger partial charge in [-0.15, -0.1) is 0 Å². The molecule has 0 amide bonds. The van der Waals surface area contributed by atoms with Crippen LogP contribution in [0.3, 0.4) is 0 Å². The van der Waals surface area contributed by atoms with Gasteiger partial charge in [-0.05, 0) is 42.5 Å². The Bertz CT molecular complexity index is 869. The van der Waals surface area contributed by atoms with Crippen LogP contribution in [-0.4, -0.2) is 12.1 Å². The molecule has 22 heavy (non-hydrogen) atoms. The Kier molecular flexibility index (Phi) is 3.58.